The van der Waals surface area contributed by atoms with E-state index in [2.05, 4.69) is 11.9 Å². The second-order valence-corrected chi connectivity index (χ2v) is 4.10. The van der Waals surface area contributed by atoms with Crippen LogP contribution in [0.25, 0.3) is 0 Å². The number of amides is 2. The van der Waals surface area contributed by atoms with Gasteiger partial charge in [-0.25, -0.2) is 5.48 Å². The second kappa shape index (κ2) is 7.87. The Balaban J connectivity index is 4.12. The molecule has 0 unspecified atom stereocenters. The van der Waals surface area contributed by atoms with Crippen LogP contribution in [0, 0.1) is 11.8 Å². The molecule has 0 radical (unpaired) electrons. The van der Waals surface area contributed by atoms with Crippen LogP contribution in [-0.2, 0) is 9.59 Å². The minimum Gasteiger partial charge on any atom is -0.356 e. The number of rotatable bonds is 7. The molecule has 2 amide bonds. The summed E-state index contributed by atoms with van der Waals surface area (Å²) >= 11 is 0. The zero-order valence-corrected chi connectivity index (χ0v) is 9.82. The van der Waals surface area contributed by atoms with Crippen molar-refractivity contribution in [1.82, 2.24) is 10.8 Å². The maximum atomic E-state index is 11.4. The Morgan fingerprint density at radius 2 is 2.06 bits per heavy atom. The van der Waals surface area contributed by atoms with E-state index in [-0.39, 0.29) is 12.3 Å². The highest BCUT2D eigenvalue weighted by Crippen LogP contribution is 2.09. The Bertz CT molecular complexity index is 252. The summed E-state index contributed by atoms with van der Waals surface area (Å²) in [7, 11) is 0. The summed E-state index contributed by atoms with van der Waals surface area (Å²) < 4.78 is 0. The third kappa shape index (κ3) is 6.19. The van der Waals surface area contributed by atoms with E-state index in [1.807, 2.05) is 13.8 Å². The second-order valence-electron chi connectivity index (χ2n) is 4.10. The van der Waals surface area contributed by atoms with Gasteiger partial charge in [-0.3, -0.25) is 14.8 Å². The Kier molecular flexibility index (Phi) is 7.20. The highest BCUT2D eigenvalue weighted by molar-refractivity contribution is 5.85. The minimum absolute atomic E-state index is 0.0606. The predicted octanol–water partition coefficient (Wildman–Crippen LogP) is 0.846. The van der Waals surface area contributed by atoms with Gasteiger partial charge in [0.15, 0.2) is 0 Å². The van der Waals surface area contributed by atoms with Gasteiger partial charge in [0.05, 0.1) is 5.92 Å². The standard InChI is InChI=1S/C11H20N2O3/c1-4-5-9(11(15)13-16)6-10(14)12-7-8(2)3/h4,8-9,16H,1,5-7H2,2-3H3,(H,12,14)(H,13,15)/t9-/m0/s1. The van der Waals surface area contributed by atoms with Gasteiger partial charge in [-0.2, -0.15) is 0 Å². The van der Waals surface area contributed by atoms with Gasteiger partial charge in [0, 0.05) is 13.0 Å². The minimum atomic E-state index is -0.560. The third-order valence-electron chi connectivity index (χ3n) is 2.07. The van der Waals surface area contributed by atoms with Crippen molar-refractivity contribution >= 4 is 11.8 Å². The zero-order chi connectivity index (χ0) is 12.6. The van der Waals surface area contributed by atoms with Gasteiger partial charge in [0.25, 0.3) is 0 Å². The van der Waals surface area contributed by atoms with E-state index in [0.717, 1.165) is 0 Å². The van der Waals surface area contributed by atoms with Crippen LogP contribution < -0.4 is 10.8 Å². The van der Waals surface area contributed by atoms with Gasteiger partial charge in [-0.1, -0.05) is 19.9 Å². The van der Waals surface area contributed by atoms with Gasteiger partial charge in [-0.15, -0.1) is 6.58 Å². The van der Waals surface area contributed by atoms with E-state index in [0.29, 0.717) is 18.9 Å². The summed E-state index contributed by atoms with van der Waals surface area (Å²) in [6.07, 6.45) is 1.97. The Hall–Kier alpha value is -1.36. The molecule has 0 aromatic heterocycles. The number of hydrogen-bond acceptors (Lipinski definition) is 3. The lowest BCUT2D eigenvalue weighted by Gasteiger charge is -2.13. The van der Waals surface area contributed by atoms with E-state index >= 15 is 0 Å². The molecule has 92 valence electrons. The summed E-state index contributed by atoms with van der Waals surface area (Å²) in [6, 6.07) is 0. The molecule has 0 aliphatic rings. The van der Waals surface area contributed by atoms with Crippen molar-refractivity contribution in [3.63, 3.8) is 0 Å². The molecule has 5 heteroatoms. The molecule has 0 heterocycles. The summed E-state index contributed by atoms with van der Waals surface area (Å²) in [5.41, 5.74) is 1.55. The molecule has 0 bridgehead atoms. The maximum Gasteiger partial charge on any atom is 0.247 e. The number of hydrogen-bond donors (Lipinski definition) is 3. The SMILES string of the molecule is C=CC[C@@H](CC(=O)NCC(C)C)C(=O)NO. The lowest BCUT2D eigenvalue weighted by Crippen LogP contribution is -2.34. The van der Waals surface area contributed by atoms with Crippen LogP contribution in [0.5, 0.6) is 0 Å². The van der Waals surface area contributed by atoms with E-state index in [4.69, 9.17) is 5.21 Å². The fourth-order valence-electron chi connectivity index (χ4n) is 1.19. The highest BCUT2D eigenvalue weighted by atomic mass is 16.5. The lowest BCUT2D eigenvalue weighted by atomic mass is 10.00. The highest BCUT2D eigenvalue weighted by Gasteiger charge is 2.20. The van der Waals surface area contributed by atoms with Gasteiger partial charge in [0.2, 0.25) is 11.8 Å². The normalized spacial score (nSPS) is 12.0. The number of nitrogens with one attached hydrogen (secondary N) is 2. The van der Waals surface area contributed by atoms with Crippen molar-refractivity contribution in [3.05, 3.63) is 12.7 Å². The molecule has 0 rings (SSSR count). The van der Waals surface area contributed by atoms with Crippen LogP contribution in [0.3, 0.4) is 0 Å². The first-order valence-corrected chi connectivity index (χ1v) is 5.32. The van der Waals surface area contributed by atoms with Crippen molar-refractivity contribution in [3.8, 4) is 0 Å². The molecule has 3 N–H and O–H groups in total. The van der Waals surface area contributed by atoms with Crippen LogP contribution in [0.15, 0.2) is 12.7 Å². The lowest BCUT2D eigenvalue weighted by molar-refractivity contribution is -0.136. The Morgan fingerprint density at radius 3 is 2.50 bits per heavy atom. The van der Waals surface area contributed by atoms with E-state index in [1.165, 1.54) is 0 Å². The first kappa shape index (κ1) is 14.6. The summed E-state index contributed by atoms with van der Waals surface area (Å²) in [4.78, 5) is 22.6. The number of carbonyl (C=O) groups excluding carboxylic acids is 2. The molecule has 0 aliphatic carbocycles. The van der Waals surface area contributed by atoms with Crippen LogP contribution in [-0.4, -0.2) is 23.6 Å². The van der Waals surface area contributed by atoms with Crippen molar-refractivity contribution in [2.75, 3.05) is 6.54 Å². The molecule has 0 aromatic rings. The smallest absolute Gasteiger partial charge is 0.247 e. The summed E-state index contributed by atoms with van der Waals surface area (Å²) in [5.74, 6) is -0.938. The van der Waals surface area contributed by atoms with E-state index < -0.39 is 11.8 Å². The first-order chi connectivity index (χ1) is 7.51. The van der Waals surface area contributed by atoms with Crippen molar-refractivity contribution in [1.29, 1.82) is 0 Å². The van der Waals surface area contributed by atoms with Gasteiger partial charge < -0.3 is 5.32 Å². The van der Waals surface area contributed by atoms with Gasteiger partial charge in [-0.05, 0) is 12.3 Å². The molecule has 0 fully saturated rings. The van der Waals surface area contributed by atoms with Crippen LogP contribution in [0.2, 0.25) is 0 Å². The molecule has 0 aromatic carbocycles. The summed E-state index contributed by atoms with van der Waals surface area (Å²) in [6.45, 7) is 8.07. The Morgan fingerprint density at radius 1 is 1.44 bits per heavy atom. The molecule has 0 spiro atoms. The molecular weight excluding hydrogens is 208 g/mol. The monoisotopic (exact) mass is 228 g/mol. The third-order valence-corrected chi connectivity index (χ3v) is 2.07. The quantitative estimate of drug-likeness (QED) is 0.343. The number of allylic oxidation sites excluding steroid dienone is 1. The zero-order valence-electron chi connectivity index (χ0n) is 9.82. The van der Waals surface area contributed by atoms with Crippen LogP contribution >= 0.6 is 0 Å². The molecule has 16 heavy (non-hydrogen) atoms. The predicted molar refractivity (Wildman–Crippen MR) is 60.7 cm³/mol. The topological polar surface area (TPSA) is 78.4 Å². The van der Waals surface area contributed by atoms with Gasteiger partial charge >= 0.3 is 0 Å². The van der Waals surface area contributed by atoms with E-state index in [1.54, 1.807) is 11.6 Å². The largest absolute Gasteiger partial charge is 0.356 e. The first-order valence-electron chi connectivity index (χ1n) is 5.32. The molecule has 5 nitrogen and oxygen atoms in total. The fourth-order valence-corrected chi connectivity index (χ4v) is 1.19. The van der Waals surface area contributed by atoms with Crippen LogP contribution in [0.4, 0.5) is 0 Å². The molecule has 0 saturated carbocycles. The van der Waals surface area contributed by atoms with Crippen molar-refractivity contribution in [2.45, 2.75) is 26.7 Å². The van der Waals surface area contributed by atoms with Crippen molar-refractivity contribution in [2.24, 2.45) is 11.8 Å². The van der Waals surface area contributed by atoms with Crippen LogP contribution in [0.1, 0.15) is 26.7 Å². The van der Waals surface area contributed by atoms with Crippen molar-refractivity contribution < 1.29 is 14.8 Å². The molecular formula is C11H20N2O3. The Labute approximate surface area is 95.9 Å². The van der Waals surface area contributed by atoms with Gasteiger partial charge in [0.1, 0.15) is 0 Å². The molecule has 0 aliphatic heterocycles. The average molecular weight is 228 g/mol. The average Bonchev–Trinajstić information content (AvgIpc) is 2.24. The van der Waals surface area contributed by atoms with E-state index in [9.17, 15) is 9.59 Å². The molecule has 1 atom stereocenters. The summed E-state index contributed by atoms with van der Waals surface area (Å²) in [5, 5.41) is 11.2. The number of hydroxylamine groups is 1. The fraction of sp³-hybridized carbons (Fsp3) is 0.636. The molecule has 0 saturated heterocycles. The number of carbonyl (C=O) groups is 2. The maximum absolute atomic E-state index is 11.4.